The van der Waals surface area contributed by atoms with Crippen LogP contribution in [0, 0.1) is 0 Å². The molecule has 2 fully saturated rings. The summed E-state index contributed by atoms with van der Waals surface area (Å²) in [5.74, 6) is -0.309. The van der Waals surface area contributed by atoms with Gasteiger partial charge in [-0.25, -0.2) is 14.8 Å². The van der Waals surface area contributed by atoms with E-state index in [0.717, 1.165) is 25.6 Å². The van der Waals surface area contributed by atoms with Crippen molar-refractivity contribution >= 4 is 11.7 Å². The number of nitrogens with one attached hydrogen (secondary N) is 1. The van der Waals surface area contributed by atoms with Gasteiger partial charge >= 0.3 is 5.97 Å². The zero-order valence-electron chi connectivity index (χ0n) is 12.5. The summed E-state index contributed by atoms with van der Waals surface area (Å²) in [7, 11) is 0. The van der Waals surface area contributed by atoms with Crippen molar-refractivity contribution in [1.29, 1.82) is 0 Å². The Balaban J connectivity index is 1.73. The van der Waals surface area contributed by atoms with Gasteiger partial charge in [0.1, 0.15) is 5.82 Å². The molecule has 2 heterocycles. The van der Waals surface area contributed by atoms with Crippen molar-refractivity contribution in [3.63, 3.8) is 0 Å². The van der Waals surface area contributed by atoms with E-state index < -0.39 is 5.97 Å². The molecule has 0 aromatic carbocycles. The maximum atomic E-state index is 11.4. The number of aromatic carboxylic acids is 1. The second-order valence-corrected chi connectivity index (χ2v) is 6.31. The van der Waals surface area contributed by atoms with E-state index in [-0.39, 0.29) is 17.7 Å². The fraction of sp³-hybridized carbons (Fsp3) is 0.667. The zero-order valence-corrected chi connectivity index (χ0v) is 12.5. The molecule has 1 aliphatic heterocycles. The van der Waals surface area contributed by atoms with Crippen LogP contribution < -0.4 is 5.32 Å². The average Bonchev–Trinajstić information content (AvgIpc) is 3.19. The molecule has 1 aromatic heterocycles. The minimum Gasteiger partial charge on any atom is -0.476 e. The van der Waals surface area contributed by atoms with Crippen LogP contribution in [0.5, 0.6) is 0 Å². The maximum Gasteiger partial charge on any atom is 0.356 e. The lowest BCUT2D eigenvalue weighted by atomic mass is 10.2. The molecule has 0 radical (unpaired) electrons. The van der Waals surface area contributed by atoms with Crippen LogP contribution in [-0.4, -0.2) is 51.1 Å². The third-order valence-corrected chi connectivity index (χ3v) is 4.17. The highest BCUT2D eigenvalue weighted by Crippen LogP contribution is 2.30. The number of carboxylic acid groups (broad SMARTS) is 1. The minimum atomic E-state index is -1.00. The standard InChI is InChI=1S/C15H22N4O2/c1-9(2)14-16-7-12(13(18-14)15(20)21)17-10-5-6-19(8-10)11-3-4-11/h7,9-11,17H,3-6,8H2,1-2H3,(H,20,21). The summed E-state index contributed by atoms with van der Waals surface area (Å²) in [6.07, 6.45) is 5.27. The van der Waals surface area contributed by atoms with Gasteiger partial charge in [-0.1, -0.05) is 13.8 Å². The Morgan fingerprint density at radius 1 is 1.43 bits per heavy atom. The van der Waals surface area contributed by atoms with E-state index in [0.29, 0.717) is 11.5 Å². The first-order chi connectivity index (χ1) is 10.0. The van der Waals surface area contributed by atoms with Crippen molar-refractivity contribution in [2.45, 2.75) is 51.1 Å². The highest BCUT2D eigenvalue weighted by molar-refractivity contribution is 5.91. The van der Waals surface area contributed by atoms with Crippen molar-refractivity contribution in [2.24, 2.45) is 0 Å². The van der Waals surface area contributed by atoms with Crippen LogP contribution >= 0.6 is 0 Å². The van der Waals surface area contributed by atoms with Crippen LogP contribution in [0.3, 0.4) is 0 Å². The van der Waals surface area contributed by atoms with Gasteiger partial charge in [0.2, 0.25) is 0 Å². The van der Waals surface area contributed by atoms with Crippen LogP contribution in [0.25, 0.3) is 0 Å². The quantitative estimate of drug-likeness (QED) is 0.863. The van der Waals surface area contributed by atoms with Crippen LogP contribution in [0.15, 0.2) is 6.20 Å². The van der Waals surface area contributed by atoms with E-state index in [9.17, 15) is 9.90 Å². The third kappa shape index (κ3) is 3.15. The summed E-state index contributed by atoms with van der Waals surface area (Å²) >= 11 is 0. The van der Waals surface area contributed by atoms with Gasteiger partial charge in [0.15, 0.2) is 5.69 Å². The van der Waals surface area contributed by atoms with Crippen molar-refractivity contribution in [3.05, 3.63) is 17.7 Å². The van der Waals surface area contributed by atoms with Gasteiger partial charge in [-0.15, -0.1) is 0 Å². The van der Waals surface area contributed by atoms with Gasteiger partial charge in [-0.2, -0.15) is 0 Å². The molecule has 6 nitrogen and oxygen atoms in total. The first-order valence-electron chi connectivity index (χ1n) is 7.65. The Labute approximate surface area is 124 Å². The summed E-state index contributed by atoms with van der Waals surface area (Å²) in [6, 6.07) is 1.05. The second-order valence-electron chi connectivity index (χ2n) is 6.31. The summed E-state index contributed by atoms with van der Waals surface area (Å²) in [5.41, 5.74) is 0.619. The minimum absolute atomic E-state index is 0.0820. The average molecular weight is 290 g/mol. The zero-order chi connectivity index (χ0) is 15.0. The van der Waals surface area contributed by atoms with E-state index in [4.69, 9.17) is 0 Å². The lowest BCUT2D eigenvalue weighted by Gasteiger charge is -2.17. The molecule has 2 aliphatic rings. The molecule has 1 atom stereocenters. The Morgan fingerprint density at radius 2 is 2.19 bits per heavy atom. The largest absolute Gasteiger partial charge is 0.476 e. The third-order valence-electron chi connectivity index (χ3n) is 4.17. The molecule has 0 spiro atoms. The predicted molar refractivity (Wildman–Crippen MR) is 79.7 cm³/mol. The number of nitrogens with zero attached hydrogens (tertiary/aromatic N) is 3. The second kappa shape index (κ2) is 5.60. The fourth-order valence-corrected chi connectivity index (χ4v) is 2.84. The van der Waals surface area contributed by atoms with E-state index in [1.165, 1.54) is 12.8 Å². The predicted octanol–water partition coefficient (Wildman–Crippen LogP) is 1.95. The molecule has 114 valence electrons. The number of carbonyl (C=O) groups is 1. The molecule has 2 N–H and O–H groups in total. The molecule has 1 saturated heterocycles. The van der Waals surface area contributed by atoms with Crippen molar-refractivity contribution in [3.8, 4) is 0 Å². The van der Waals surface area contributed by atoms with Crippen LogP contribution in [-0.2, 0) is 0 Å². The smallest absolute Gasteiger partial charge is 0.356 e. The molecular formula is C15H22N4O2. The summed E-state index contributed by atoms with van der Waals surface area (Å²) < 4.78 is 0. The number of hydrogen-bond donors (Lipinski definition) is 2. The van der Waals surface area contributed by atoms with E-state index in [2.05, 4.69) is 20.2 Å². The first-order valence-corrected chi connectivity index (χ1v) is 7.65. The fourth-order valence-electron chi connectivity index (χ4n) is 2.84. The Bertz CT molecular complexity index is 542. The Hall–Kier alpha value is -1.69. The van der Waals surface area contributed by atoms with Gasteiger partial charge in [0.05, 0.1) is 11.9 Å². The lowest BCUT2D eigenvalue weighted by molar-refractivity contribution is 0.0691. The lowest BCUT2D eigenvalue weighted by Crippen LogP contribution is -2.28. The SMILES string of the molecule is CC(C)c1ncc(NC2CCN(C3CC3)C2)c(C(=O)O)n1. The molecule has 1 aromatic rings. The van der Waals surface area contributed by atoms with Crippen molar-refractivity contribution in [2.75, 3.05) is 18.4 Å². The summed E-state index contributed by atoms with van der Waals surface area (Å²) in [5, 5.41) is 12.7. The maximum absolute atomic E-state index is 11.4. The number of aromatic nitrogens is 2. The Morgan fingerprint density at radius 3 is 2.81 bits per heavy atom. The van der Waals surface area contributed by atoms with Crippen molar-refractivity contribution < 1.29 is 9.90 Å². The summed E-state index contributed by atoms with van der Waals surface area (Å²) in [4.78, 5) is 22.4. The van der Waals surface area contributed by atoms with Gasteiger partial charge in [-0.3, -0.25) is 4.90 Å². The summed E-state index contributed by atoms with van der Waals surface area (Å²) in [6.45, 7) is 5.99. The molecule has 1 saturated carbocycles. The molecular weight excluding hydrogens is 268 g/mol. The number of hydrogen-bond acceptors (Lipinski definition) is 5. The first kappa shape index (κ1) is 14.3. The monoisotopic (exact) mass is 290 g/mol. The van der Waals surface area contributed by atoms with Gasteiger partial charge < -0.3 is 10.4 Å². The number of rotatable bonds is 5. The van der Waals surface area contributed by atoms with E-state index in [1.54, 1.807) is 6.20 Å². The Kier molecular flexibility index (Phi) is 3.80. The molecule has 0 bridgehead atoms. The molecule has 3 rings (SSSR count). The van der Waals surface area contributed by atoms with Crippen LogP contribution in [0.4, 0.5) is 5.69 Å². The normalized spacial score (nSPS) is 22.7. The van der Waals surface area contributed by atoms with Gasteiger partial charge in [-0.05, 0) is 19.3 Å². The van der Waals surface area contributed by atoms with Gasteiger partial charge in [0, 0.05) is 31.1 Å². The molecule has 1 unspecified atom stereocenters. The van der Waals surface area contributed by atoms with E-state index in [1.807, 2.05) is 13.8 Å². The number of anilines is 1. The van der Waals surface area contributed by atoms with Crippen LogP contribution in [0.2, 0.25) is 0 Å². The molecule has 0 amide bonds. The number of likely N-dealkylation sites (tertiary alicyclic amines) is 1. The highest BCUT2D eigenvalue weighted by Gasteiger charge is 2.34. The van der Waals surface area contributed by atoms with Gasteiger partial charge in [0.25, 0.3) is 0 Å². The topological polar surface area (TPSA) is 78.4 Å². The molecule has 6 heteroatoms. The number of carboxylic acids is 1. The van der Waals surface area contributed by atoms with Crippen molar-refractivity contribution in [1.82, 2.24) is 14.9 Å². The molecule has 21 heavy (non-hydrogen) atoms. The highest BCUT2D eigenvalue weighted by atomic mass is 16.4. The van der Waals surface area contributed by atoms with Crippen LogP contribution in [0.1, 0.15) is 55.3 Å². The molecule has 1 aliphatic carbocycles. The van der Waals surface area contributed by atoms with E-state index >= 15 is 0 Å².